The van der Waals surface area contributed by atoms with Crippen molar-refractivity contribution in [2.24, 2.45) is 0 Å². The number of hydrogen-bond donors (Lipinski definition) is 1. The number of ether oxygens (including phenoxy) is 1. The number of anilines is 1. The van der Waals surface area contributed by atoms with Crippen LogP contribution in [0.3, 0.4) is 0 Å². The quantitative estimate of drug-likeness (QED) is 0.883. The van der Waals surface area contributed by atoms with Crippen molar-refractivity contribution in [3.63, 3.8) is 0 Å². The summed E-state index contributed by atoms with van der Waals surface area (Å²) in [6, 6.07) is 5.44. The van der Waals surface area contributed by atoms with Gasteiger partial charge in [-0.1, -0.05) is 29.0 Å². The molecule has 5 nitrogen and oxygen atoms in total. The molecule has 3 rings (SSSR count). The molecule has 0 spiro atoms. The minimum Gasteiger partial charge on any atom is -0.488 e. The summed E-state index contributed by atoms with van der Waals surface area (Å²) in [5.41, 5.74) is 3.34. The SMILES string of the molecule is O=C(/C=C/C1=Cc2cc(Cl)ccc2OC1)Nc1nncs1. The molecular weight excluding hydrogens is 310 g/mol. The molecule has 1 aliphatic heterocycles. The molecule has 2 aromatic rings. The van der Waals surface area contributed by atoms with E-state index in [1.807, 2.05) is 18.2 Å². The number of nitrogens with zero attached hydrogens (tertiary/aromatic N) is 2. The van der Waals surface area contributed by atoms with Crippen molar-refractivity contribution in [2.75, 3.05) is 11.9 Å². The minimum absolute atomic E-state index is 0.260. The van der Waals surface area contributed by atoms with Gasteiger partial charge in [-0.3, -0.25) is 10.1 Å². The number of rotatable bonds is 3. The standard InChI is InChI=1S/C14H10ClN3O2S/c15-11-2-3-12-10(6-11)5-9(7-20-12)1-4-13(19)17-14-18-16-8-21-14/h1-6,8H,7H2,(H,17,18,19)/b4-1+. The molecule has 1 N–H and O–H groups in total. The molecule has 1 aromatic carbocycles. The first-order valence-electron chi connectivity index (χ1n) is 6.09. The first-order valence-corrected chi connectivity index (χ1v) is 7.34. The zero-order chi connectivity index (χ0) is 14.7. The van der Waals surface area contributed by atoms with Gasteiger partial charge in [0.2, 0.25) is 11.0 Å². The molecule has 0 bridgehead atoms. The van der Waals surface area contributed by atoms with E-state index in [1.54, 1.807) is 17.7 Å². The second-order valence-electron chi connectivity index (χ2n) is 4.26. The summed E-state index contributed by atoms with van der Waals surface area (Å²) in [5, 5.41) is 11.1. The Balaban J connectivity index is 1.70. The predicted octanol–water partition coefficient (Wildman–Crippen LogP) is 3.16. The Bertz CT molecular complexity index is 726. The molecule has 1 aliphatic rings. The van der Waals surface area contributed by atoms with Crippen LogP contribution in [-0.4, -0.2) is 22.7 Å². The van der Waals surface area contributed by atoms with Crippen molar-refractivity contribution in [3.8, 4) is 5.75 Å². The number of hydrogen-bond acceptors (Lipinski definition) is 5. The van der Waals surface area contributed by atoms with Crippen LogP contribution < -0.4 is 10.1 Å². The van der Waals surface area contributed by atoms with Gasteiger partial charge in [-0.25, -0.2) is 0 Å². The van der Waals surface area contributed by atoms with Gasteiger partial charge in [0, 0.05) is 16.7 Å². The number of halogens is 1. The van der Waals surface area contributed by atoms with E-state index in [0.717, 1.165) is 16.9 Å². The fourth-order valence-electron chi connectivity index (χ4n) is 1.82. The number of benzene rings is 1. The van der Waals surface area contributed by atoms with Crippen molar-refractivity contribution in [2.45, 2.75) is 0 Å². The van der Waals surface area contributed by atoms with Gasteiger partial charge in [-0.05, 0) is 29.8 Å². The van der Waals surface area contributed by atoms with Crippen molar-refractivity contribution in [1.29, 1.82) is 0 Å². The second kappa shape index (κ2) is 6.07. The summed E-state index contributed by atoms with van der Waals surface area (Å²) >= 11 is 7.22. The van der Waals surface area contributed by atoms with E-state index in [2.05, 4.69) is 15.5 Å². The third-order valence-corrected chi connectivity index (χ3v) is 3.59. The Labute approximate surface area is 129 Å². The van der Waals surface area contributed by atoms with Gasteiger partial charge in [0.05, 0.1) is 0 Å². The molecule has 0 fully saturated rings. The lowest BCUT2D eigenvalue weighted by molar-refractivity contribution is -0.111. The fourth-order valence-corrected chi connectivity index (χ4v) is 2.45. The molecular formula is C14H10ClN3O2S. The van der Waals surface area contributed by atoms with E-state index >= 15 is 0 Å². The number of aromatic nitrogens is 2. The molecule has 0 saturated heterocycles. The van der Waals surface area contributed by atoms with Crippen molar-refractivity contribution < 1.29 is 9.53 Å². The number of amides is 1. The van der Waals surface area contributed by atoms with Crippen molar-refractivity contribution in [1.82, 2.24) is 10.2 Å². The van der Waals surface area contributed by atoms with Gasteiger partial charge >= 0.3 is 0 Å². The lowest BCUT2D eigenvalue weighted by atomic mass is 10.1. The average molecular weight is 320 g/mol. The lowest BCUT2D eigenvalue weighted by Gasteiger charge is -2.16. The van der Waals surface area contributed by atoms with Crippen molar-refractivity contribution in [3.05, 3.63) is 52.0 Å². The van der Waals surface area contributed by atoms with Crippen LogP contribution in [0.25, 0.3) is 6.08 Å². The highest BCUT2D eigenvalue weighted by atomic mass is 35.5. The van der Waals surface area contributed by atoms with Crippen LogP contribution in [-0.2, 0) is 4.79 Å². The topological polar surface area (TPSA) is 64.1 Å². The van der Waals surface area contributed by atoms with Crippen LogP contribution >= 0.6 is 22.9 Å². The molecule has 0 aliphatic carbocycles. The maximum atomic E-state index is 11.7. The molecule has 0 radical (unpaired) electrons. The minimum atomic E-state index is -0.260. The zero-order valence-corrected chi connectivity index (χ0v) is 12.3. The fraction of sp³-hybridized carbons (Fsp3) is 0.0714. The Morgan fingerprint density at radius 3 is 3.19 bits per heavy atom. The Morgan fingerprint density at radius 1 is 1.48 bits per heavy atom. The highest BCUT2D eigenvalue weighted by Gasteiger charge is 2.10. The van der Waals surface area contributed by atoms with Gasteiger partial charge in [0.1, 0.15) is 17.9 Å². The molecule has 1 aromatic heterocycles. The normalized spacial score (nSPS) is 13.5. The lowest BCUT2D eigenvalue weighted by Crippen LogP contribution is -2.09. The van der Waals surface area contributed by atoms with E-state index in [-0.39, 0.29) is 5.91 Å². The van der Waals surface area contributed by atoms with Gasteiger partial charge in [-0.2, -0.15) is 0 Å². The van der Waals surface area contributed by atoms with E-state index in [0.29, 0.717) is 16.8 Å². The van der Waals surface area contributed by atoms with Crippen molar-refractivity contribution >= 4 is 40.1 Å². The Morgan fingerprint density at radius 2 is 2.38 bits per heavy atom. The van der Waals surface area contributed by atoms with Gasteiger partial charge in [0.15, 0.2) is 0 Å². The van der Waals surface area contributed by atoms with Crippen LogP contribution in [0.2, 0.25) is 5.02 Å². The molecule has 1 amide bonds. The predicted molar refractivity (Wildman–Crippen MR) is 82.6 cm³/mol. The highest BCUT2D eigenvalue weighted by molar-refractivity contribution is 7.13. The third kappa shape index (κ3) is 3.48. The number of carbonyl (C=O) groups is 1. The van der Waals surface area contributed by atoms with Gasteiger partial charge < -0.3 is 4.74 Å². The van der Waals surface area contributed by atoms with E-state index in [4.69, 9.17) is 16.3 Å². The number of fused-ring (bicyclic) bond motifs is 1. The maximum Gasteiger partial charge on any atom is 0.250 e. The third-order valence-electron chi connectivity index (χ3n) is 2.75. The van der Waals surface area contributed by atoms with E-state index in [1.165, 1.54) is 17.4 Å². The van der Waals surface area contributed by atoms with Crippen LogP contribution in [0, 0.1) is 0 Å². The van der Waals surface area contributed by atoms with E-state index in [9.17, 15) is 4.79 Å². The van der Waals surface area contributed by atoms with Gasteiger partial charge in [0.25, 0.3) is 0 Å². The van der Waals surface area contributed by atoms with Crippen LogP contribution in [0.5, 0.6) is 5.75 Å². The summed E-state index contributed by atoms with van der Waals surface area (Å²) in [4.78, 5) is 11.7. The molecule has 0 atom stereocenters. The van der Waals surface area contributed by atoms with Crippen LogP contribution in [0.15, 0.2) is 41.4 Å². The molecule has 0 saturated carbocycles. The Hall–Kier alpha value is -2.18. The van der Waals surface area contributed by atoms with E-state index < -0.39 is 0 Å². The molecule has 106 valence electrons. The number of carbonyl (C=O) groups excluding carboxylic acids is 1. The second-order valence-corrected chi connectivity index (χ2v) is 5.53. The first-order chi connectivity index (χ1) is 10.2. The van der Waals surface area contributed by atoms with Crippen LogP contribution in [0.4, 0.5) is 5.13 Å². The summed E-state index contributed by atoms with van der Waals surface area (Å²) in [5.74, 6) is 0.527. The summed E-state index contributed by atoms with van der Waals surface area (Å²) in [7, 11) is 0. The first kappa shape index (κ1) is 13.8. The molecule has 7 heteroatoms. The highest BCUT2D eigenvalue weighted by Crippen LogP contribution is 2.29. The average Bonchev–Trinajstić information content (AvgIpc) is 2.97. The summed E-state index contributed by atoms with van der Waals surface area (Å²) < 4.78 is 5.60. The molecule has 0 unspecified atom stereocenters. The maximum absolute atomic E-state index is 11.7. The monoisotopic (exact) mass is 319 g/mol. The molecule has 21 heavy (non-hydrogen) atoms. The molecule has 2 heterocycles. The number of nitrogens with one attached hydrogen (secondary N) is 1. The summed E-state index contributed by atoms with van der Waals surface area (Å²) in [6.07, 6.45) is 5.09. The smallest absolute Gasteiger partial charge is 0.250 e. The largest absolute Gasteiger partial charge is 0.488 e. The zero-order valence-electron chi connectivity index (χ0n) is 10.7. The van der Waals surface area contributed by atoms with Crippen LogP contribution in [0.1, 0.15) is 5.56 Å². The van der Waals surface area contributed by atoms with Gasteiger partial charge in [-0.15, -0.1) is 10.2 Å². The Kier molecular flexibility index (Phi) is 3.98. The summed E-state index contributed by atoms with van der Waals surface area (Å²) in [6.45, 7) is 0.414.